The molecule has 0 spiro atoms. The molecular weight excluding hydrogens is 304 g/mol. The number of carbonyl (C=O) groups is 2. The lowest BCUT2D eigenvalue weighted by Gasteiger charge is -2.08. The van der Waals surface area contributed by atoms with Gasteiger partial charge in [-0.1, -0.05) is 23.7 Å². The lowest BCUT2D eigenvalue weighted by Crippen LogP contribution is -2.21. The first kappa shape index (κ1) is 15.9. The first-order valence-electron chi connectivity index (χ1n) is 6.54. The topological polar surface area (TPSA) is 81.4 Å². The Kier molecular flexibility index (Phi) is 5.01. The highest BCUT2D eigenvalue weighted by molar-refractivity contribution is 6.31. The van der Waals surface area contributed by atoms with E-state index >= 15 is 0 Å². The van der Waals surface area contributed by atoms with Gasteiger partial charge in [-0.3, -0.25) is 4.79 Å². The highest BCUT2D eigenvalue weighted by Crippen LogP contribution is 2.18. The molecule has 0 aliphatic carbocycles. The fourth-order valence-electron chi connectivity index (χ4n) is 1.83. The predicted molar refractivity (Wildman–Crippen MR) is 86.0 cm³/mol. The Bertz CT molecular complexity index is 716. The second kappa shape index (κ2) is 6.95. The zero-order chi connectivity index (χ0) is 16.1. The highest BCUT2D eigenvalue weighted by Gasteiger charge is 2.14. The molecule has 0 bridgehead atoms. The molecule has 22 heavy (non-hydrogen) atoms. The maximum absolute atomic E-state index is 11.9. The molecule has 0 unspecified atom stereocenters. The van der Waals surface area contributed by atoms with Crippen LogP contribution in [-0.2, 0) is 9.53 Å². The number of halogens is 1. The normalized spacial score (nSPS) is 10.1. The number of ether oxygens (including phenoxy) is 1. The zero-order valence-electron chi connectivity index (χ0n) is 11.9. The molecule has 0 atom stereocenters. The Morgan fingerprint density at radius 3 is 2.73 bits per heavy atom. The van der Waals surface area contributed by atoms with Crippen LogP contribution in [0, 0.1) is 6.92 Å². The van der Waals surface area contributed by atoms with E-state index in [1.54, 1.807) is 12.1 Å². The molecule has 2 aromatic carbocycles. The number of hydrogen-bond donors (Lipinski definition) is 2. The minimum absolute atomic E-state index is 0.135. The van der Waals surface area contributed by atoms with Crippen LogP contribution < -0.4 is 11.1 Å². The van der Waals surface area contributed by atoms with Crippen LogP contribution in [0.5, 0.6) is 0 Å². The quantitative estimate of drug-likeness (QED) is 0.670. The Morgan fingerprint density at radius 2 is 2.00 bits per heavy atom. The van der Waals surface area contributed by atoms with Gasteiger partial charge in [-0.05, 0) is 42.8 Å². The average molecular weight is 319 g/mol. The number of nitrogens with one attached hydrogen (secondary N) is 1. The van der Waals surface area contributed by atoms with E-state index in [2.05, 4.69) is 5.32 Å². The third kappa shape index (κ3) is 4.23. The number of nitrogens with two attached hydrogens (primary N) is 1. The fraction of sp³-hybridized carbons (Fsp3) is 0.125. The molecule has 1 amide bonds. The molecule has 0 heterocycles. The van der Waals surface area contributed by atoms with Crippen molar-refractivity contribution in [3.05, 3.63) is 58.6 Å². The third-order valence-corrected chi connectivity index (χ3v) is 3.11. The van der Waals surface area contributed by atoms with E-state index in [1.807, 2.05) is 25.1 Å². The number of carbonyl (C=O) groups excluding carboxylic acids is 2. The van der Waals surface area contributed by atoms with Gasteiger partial charge in [-0.2, -0.15) is 0 Å². The lowest BCUT2D eigenvalue weighted by atomic mass is 10.2. The first-order valence-corrected chi connectivity index (χ1v) is 6.92. The molecule has 0 radical (unpaired) electrons. The maximum Gasteiger partial charge on any atom is 0.340 e. The molecular formula is C16H15ClN2O3. The summed E-state index contributed by atoms with van der Waals surface area (Å²) in [5.74, 6) is -1.13. The van der Waals surface area contributed by atoms with Crippen LogP contribution in [0.2, 0.25) is 5.02 Å². The van der Waals surface area contributed by atoms with Gasteiger partial charge in [0.1, 0.15) is 0 Å². The number of esters is 1. The maximum atomic E-state index is 11.9. The van der Waals surface area contributed by atoms with Crippen LogP contribution in [0.3, 0.4) is 0 Å². The van der Waals surface area contributed by atoms with Crippen LogP contribution in [0.15, 0.2) is 42.5 Å². The standard InChI is InChI=1S/C16H15ClN2O3/c1-10-3-2-4-12(7-10)19-15(20)9-22-16(21)13-8-11(17)5-6-14(13)18/h2-8H,9,18H2,1H3,(H,19,20). The largest absolute Gasteiger partial charge is 0.452 e. The zero-order valence-corrected chi connectivity index (χ0v) is 12.7. The van der Waals surface area contributed by atoms with E-state index in [0.29, 0.717) is 10.7 Å². The molecule has 0 aliphatic heterocycles. The lowest BCUT2D eigenvalue weighted by molar-refractivity contribution is -0.119. The van der Waals surface area contributed by atoms with Crippen molar-refractivity contribution in [2.45, 2.75) is 6.92 Å². The van der Waals surface area contributed by atoms with E-state index in [-0.39, 0.29) is 11.3 Å². The molecule has 0 saturated heterocycles. The number of hydrogen-bond acceptors (Lipinski definition) is 4. The summed E-state index contributed by atoms with van der Waals surface area (Å²) in [6, 6.07) is 11.8. The summed E-state index contributed by atoms with van der Waals surface area (Å²) in [6.45, 7) is 1.51. The summed E-state index contributed by atoms with van der Waals surface area (Å²) in [5.41, 5.74) is 7.71. The van der Waals surface area contributed by atoms with Gasteiger partial charge in [0, 0.05) is 16.4 Å². The van der Waals surface area contributed by atoms with Gasteiger partial charge in [-0.25, -0.2) is 4.79 Å². The van der Waals surface area contributed by atoms with Crippen molar-refractivity contribution in [2.24, 2.45) is 0 Å². The van der Waals surface area contributed by atoms with Gasteiger partial charge >= 0.3 is 5.97 Å². The molecule has 0 aliphatic rings. The third-order valence-electron chi connectivity index (χ3n) is 2.87. The summed E-state index contributed by atoms with van der Waals surface area (Å²) in [6.07, 6.45) is 0. The highest BCUT2D eigenvalue weighted by atomic mass is 35.5. The van der Waals surface area contributed by atoms with Crippen molar-refractivity contribution in [3.8, 4) is 0 Å². The molecule has 2 rings (SSSR count). The number of amides is 1. The second-order valence-corrected chi connectivity index (χ2v) is 5.16. The summed E-state index contributed by atoms with van der Waals surface area (Å²) >= 11 is 5.80. The molecule has 114 valence electrons. The van der Waals surface area contributed by atoms with Crippen molar-refractivity contribution >= 4 is 34.9 Å². The Morgan fingerprint density at radius 1 is 1.23 bits per heavy atom. The van der Waals surface area contributed by atoms with Gasteiger partial charge in [-0.15, -0.1) is 0 Å². The molecule has 6 heteroatoms. The van der Waals surface area contributed by atoms with E-state index in [9.17, 15) is 9.59 Å². The second-order valence-electron chi connectivity index (χ2n) is 4.73. The minimum Gasteiger partial charge on any atom is -0.452 e. The molecule has 0 fully saturated rings. The number of rotatable bonds is 4. The Hall–Kier alpha value is -2.53. The van der Waals surface area contributed by atoms with Crippen molar-refractivity contribution < 1.29 is 14.3 Å². The van der Waals surface area contributed by atoms with Gasteiger partial charge in [0.25, 0.3) is 5.91 Å². The molecule has 5 nitrogen and oxygen atoms in total. The van der Waals surface area contributed by atoms with Crippen LogP contribution in [0.1, 0.15) is 15.9 Å². The van der Waals surface area contributed by atoms with Gasteiger partial charge in [0.05, 0.1) is 5.56 Å². The van der Waals surface area contributed by atoms with E-state index in [4.69, 9.17) is 22.1 Å². The van der Waals surface area contributed by atoms with Crippen molar-refractivity contribution in [1.82, 2.24) is 0 Å². The van der Waals surface area contributed by atoms with Crippen molar-refractivity contribution in [3.63, 3.8) is 0 Å². The fourth-order valence-corrected chi connectivity index (χ4v) is 2.01. The first-order chi connectivity index (χ1) is 10.5. The number of anilines is 2. The van der Waals surface area contributed by atoms with E-state index < -0.39 is 18.5 Å². The number of nitrogen functional groups attached to an aromatic ring is 1. The van der Waals surface area contributed by atoms with E-state index in [1.165, 1.54) is 12.1 Å². The van der Waals surface area contributed by atoms with E-state index in [0.717, 1.165) is 5.56 Å². The van der Waals surface area contributed by atoms with Crippen molar-refractivity contribution in [2.75, 3.05) is 17.7 Å². The summed E-state index contributed by atoms with van der Waals surface area (Å²) < 4.78 is 4.94. The summed E-state index contributed by atoms with van der Waals surface area (Å²) in [4.78, 5) is 23.7. The summed E-state index contributed by atoms with van der Waals surface area (Å²) in [5, 5.41) is 3.01. The smallest absolute Gasteiger partial charge is 0.340 e. The minimum atomic E-state index is -0.695. The Labute approximate surface area is 133 Å². The van der Waals surface area contributed by atoms with Gasteiger partial charge in [0.2, 0.25) is 0 Å². The average Bonchev–Trinajstić information content (AvgIpc) is 2.47. The SMILES string of the molecule is Cc1cccc(NC(=O)COC(=O)c2cc(Cl)ccc2N)c1. The monoisotopic (exact) mass is 318 g/mol. The summed E-state index contributed by atoms with van der Waals surface area (Å²) in [7, 11) is 0. The molecule has 0 saturated carbocycles. The molecule has 0 aromatic heterocycles. The Balaban J connectivity index is 1.93. The van der Waals surface area contributed by atoms with Crippen LogP contribution in [0.4, 0.5) is 11.4 Å². The number of aryl methyl sites for hydroxylation is 1. The van der Waals surface area contributed by atoms with Crippen molar-refractivity contribution in [1.29, 1.82) is 0 Å². The molecule has 2 aromatic rings. The number of benzene rings is 2. The van der Waals surface area contributed by atoms with Gasteiger partial charge in [0.15, 0.2) is 6.61 Å². The van der Waals surface area contributed by atoms with Crippen LogP contribution in [0.25, 0.3) is 0 Å². The van der Waals surface area contributed by atoms with Gasteiger partial charge < -0.3 is 15.8 Å². The molecule has 3 N–H and O–H groups in total. The van der Waals surface area contributed by atoms with Crippen LogP contribution >= 0.6 is 11.6 Å². The predicted octanol–water partition coefficient (Wildman–Crippen LogP) is 3.03. The van der Waals surface area contributed by atoms with Crippen LogP contribution in [-0.4, -0.2) is 18.5 Å².